The maximum absolute atomic E-state index is 12.3. The van der Waals surface area contributed by atoms with Crippen LogP contribution in [0.1, 0.15) is 18.1 Å². The molecule has 8 heteroatoms. The van der Waals surface area contributed by atoms with Gasteiger partial charge in [-0.2, -0.15) is 0 Å². The molecule has 0 bridgehead atoms. The molecule has 1 amide bonds. The van der Waals surface area contributed by atoms with Gasteiger partial charge in [0.15, 0.2) is 11.5 Å². The average molecular weight is 445 g/mol. The maximum Gasteiger partial charge on any atom is 0.266 e. The minimum absolute atomic E-state index is 0.292. The number of rotatable bonds is 6. The lowest BCUT2D eigenvalue weighted by Gasteiger charge is -2.11. The summed E-state index contributed by atoms with van der Waals surface area (Å²) in [4.78, 5) is 27.3. The summed E-state index contributed by atoms with van der Waals surface area (Å²) < 4.78 is 11.7. The number of methoxy groups -OCH3 is 1. The lowest BCUT2D eigenvalue weighted by atomic mass is 10.2. The molecule has 3 aromatic rings. The fraction of sp³-hybridized carbons (Fsp3) is 0.182. The molecule has 156 valence electrons. The van der Waals surface area contributed by atoms with Crippen LogP contribution in [0.2, 0.25) is 5.02 Å². The second kappa shape index (κ2) is 9.65. The highest BCUT2D eigenvalue weighted by Gasteiger charge is 2.11. The molecule has 1 heterocycles. The molecule has 2 N–H and O–H groups in total. The Bertz CT molecular complexity index is 1230. The van der Waals surface area contributed by atoms with Gasteiger partial charge in [-0.05, 0) is 49.8 Å². The van der Waals surface area contributed by atoms with Gasteiger partial charge in [-0.3, -0.25) is 9.59 Å². The number of halogens is 1. The van der Waals surface area contributed by atoms with Crippen molar-refractivity contribution in [3.05, 3.63) is 72.1 Å². The van der Waals surface area contributed by atoms with Gasteiger partial charge in [-0.25, -0.2) is 0 Å². The van der Waals surface area contributed by atoms with E-state index in [1.807, 2.05) is 38.1 Å². The highest BCUT2D eigenvalue weighted by molar-refractivity contribution is 7.07. The van der Waals surface area contributed by atoms with Crippen molar-refractivity contribution in [3.8, 4) is 11.5 Å². The Morgan fingerprint density at radius 2 is 2.00 bits per heavy atom. The molecule has 0 saturated carbocycles. The van der Waals surface area contributed by atoms with Gasteiger partial charge in [0, 0.05) is 11.8 Å². The van der Waals surface area contributed by atoms with Crippen molar-refractivity contribution in [2.45, 2.75) is 13.8 Å². The third-order valence-electron chi connectivity index (χ3n) is 4.10. The van der Waals surface area contributed by atoms with Crippen LogP contribution in [0.15, 0.2) is 41.2 Å². The summed E-state index contributed by atoms with van der Waals surface area (Å²) in [6, 6.07) is 10.9. The van der Waals surface area contributed by atoms with Crippen molar-refractivity contribution < 1.29 is 14.3 Å². The average Bonchev–Trinajstić information content (AvgIpc) is 3.02. The zero-order valence-electron chi connectivity index (χ0n) is 16.7. The van der Waals surface area contributed by atoms with Gasteiger partial charge in [0.1, 0.15) is 4.66 Å². The molecule has 0 unspecified atom stereocenters. The summed E-state index contributed by atoms with van der Waals surface area (Å²) in [5, 5.41) is 3.15. The van der Waals surface area contributed by atoms with Crippen molar-refractivity contribution in [3.63, 3.8) is 0 Å². The highest BCUT2D eigenvalue weighted by Crippen LogP contribution is 2.36. The van der Waals surface area contributed by atoms with E-state index in [4.69, 9.17) is 21.1 Å². The fourth-order valence-corrected chi connectivity index (χ4v) is 3.92. The summed E-state index contributed by atoms with van der Waals surface area (Å²) >= 11 is 7.45. The standard InChI is InChI=1S/C22H21ClN2O4S/c1-4-29-17-10-14(9-16(23)21(17)28-3)11-18-22(27)25-20(30-18)12-19(26)24-15-7-5-13(2)6-8-15/h5-12H,4H2,1-3H3,(H,24,26)(H,25,27). The molecule has 0 fully saturated rings. The number of carbonyl (C=O) groups is 1. The first-order valence-electron chi connectivity index (χ1n) is 9.20. The Labute approximate surface area is 182 Å². The number of hydrogen-bond acceptors (Lipinski definition) is 5. The SMILES string of the molecule is CCOc1cc(C=c2sc(=CC(=O)Nc3ccc(C)cc3)[nH]c2=O)cc(Cl)c1OC. The van der Waals surface area contributed by atoms with E-state index in [0.29, 0.717) is 43.6 Å². The molecule has 0 atom stereocenters. The molecular formula is C22H21ClN2O4S. The Hall–Kier alpha value is -3.03. The number of thiazole rings is 1. The van der Waals surface area contributed by atoms with Crippen LogP contribution in [0.25, 0.3) is 12.2 Å². The van der Waals surface area contributed by atoms with E-state index in [9.17, 15) is 9.59 Å². The summed E-state index contributed by atoms with van der Waals surface area (Å²) in [7, 11) is 1.51. The highest BCUT2D eigenvalue weighted by atomic mass is 35.5. The molecule has 30 heavy (non-hydrogen) atoms. The maximum atomic E-state index is 12.3. The molecule has 3 rings (SSSR count). The molecule has 0 aliphatic heterocycles. The first kappa shape index (κ1) is 21.7. The van der Waals surface area contributed by atoms with Gasteiger partial charge in [0.05, 0.1) is 23.3 Å². The summed E-state index contributed by atoms with van der Waals surface area (Å²) in [5.41, 5.74) is 2.18. The van der Waals surface area contributed by atoms with E-state index in [1.54, 1.807) is 18.2 Å². The van der Waals surface area contributed by atoms with Crippen LogP contribution in [0.5, 0.6) is 11.5 Å². The van der Waals surface area contributed by atoms with Gasteiger partial charge >= 0.3 is 0 Å². The van der Waals surface area contributed by atoms with Gasteiger partial charge in [-0.1, -0.05) is 29.3 Å². The van der Waals surface area contributed by atoms with E-state index >= 15 is 0 Å². The van der Waals surface area contributed by atoms with E-state index < -0.39 is 0 Å². The summed E-state index contributed by atoms with van der Waals surface area (Å²) in [5.74, 6) is 0.613. The third-order valence-corrected chi connectivity index (χ3v) is 5.34. The quantitative estimate of drug-likeness (QED) is 0.612. The number of carbonyl (C=O) groups excluding carboxylic acids is 1. The number of H-pyrrole nitrogens is 1. The second-order valence-corrected chi connectivity index (χ2v) is 7.89. The van der Waals surface area contributed by atoms with Crippen molar-refractivity contribution in [1.29, 1.82) is 0 Å². The normalized spacial score (nSPS) is 12.1. The van der Waals surface area contributed by atoms with E-state index in [-0.39, 0.29) is 11.5 Å². The minimum Gasteiger partial charge on any atom is -0.491 e. The Kier molecular flexibility index (Phi) is 6.97. The number of amides is 1. The van der Waals surface area contributed by atoms with Gasteiger partial charge in [0.2, 0.25) is 0 Å². The van der Waals surface area contributed by atoms with E-state index in [0.717, 1.165) is 5.56 Å². The summed E-state index contributed by atoms with van der Waals surface area (Å²) in [6.45, 7) is 4.28. The lowest BCUT2D eigenvalue weighted by molar-refractivity contribution is -0.110. The van der Waals surface area contributed by atoms with Crippen LogP contribution in [0, 0.1) is 6.92 Å². The first-order chi connectivity index (χ1) is 14.4. The number of ether oxygens (including phenoxy) is 2. The number of aromatic nitrogens is 1. The summed E-state index contributed by atoms with van der Waals surface area (Å²) in [6.07, 6.45) is 3.04. The zero-order chi connectivity index (χ0) is 21.7. The van der Waals surface area contributed by atoms with Crippen LogP contribution >= 0.6 is 22.9 Å². The zero-order valence-corrected chi connectivity index (χ0v) is 18.3. The predicted molar refractivity (Wildman–Crippen MR) is 121 cm³/mol. The molecule has 0 aliphatic rings. The predicted octanol–water partition coefficient (Wildman–Crippen LogP) is 3.05. The molecule has 6 nitrogen and oxygen atoms in total. The number of aromatic amines is 1. The van der Waals surface area contributed by atoms with Gasteiger partial charge in [-0.15, -0.1) is 11.3 Å². The van der Waals surface area contributed by atoms with Gasteiger partial charge in [0.25, 0.3) is 11.5 Å². The molecule has 2 aromatic carbocycles. The topological polar surface area (TPSA) is 80.4 Å². The number of aryl methyl sites for hydroxylation is 1. The molecule has 0 radical (unpaired) electrons. The second-order valence-electron chi connectivity index (χ2n) is 6.40. The third kappa shape index (κ3) is 5.31. The molecule has 0 spiro atoms. The Balaban J connectivity index is 1.91. The van der Waals surface area contributed by atoms with Crippen molar-refractivity contribution in [1.82, 2.24) is 4.98 Å². The van der Waals surface area contributed by atoms with Crippen LogP contribution in [0.3, 0.4) is 0 Å². The van der Waals surface area contributed by atoms with Crippen LogP contribution < -0.4 is 29.5 Å². The molecular weight excluding hydrogens is 424 g/mol. The number of hydrogen-bond donors (Lipinski definition) is 2. The first-order valence-corrected chi connectivity index (χ1v) is 10.4. The number of benzene rings is 2. The fourth-order valence-electron chi connectivity index (χ4n) is 2.74. The lowest BCUT2D eigenvalue weighted by Crippen LogP contribution is -2.20. The monoisotopic (exact) mass is 444 g/mol. The van der Waals surface area contributed by atoms with Crippen molar-refractivity contribution >= 4 is 46.7 Å². The number of nitrogens with one attached hydrogen (secondary N) is 2. The number of anilines is 1. The van der Waals surface area contributed by atoms with Crippen molar-refractivity contribution in [2.24, 2.45) is 0 Å². The van der Waals surface area contributed by atoms with Crippen LogP contribution in [0.4, 0.5) is 5.69 Å². The van der Waals surface area contributed by atoms with Gasteiger partial charge < -0.3 is 19.8 Å². The molecule has 1 aromatic heterocycles. The Morgan fingerprint density at radius 3 is 2.67 bits per heavy atom. The van der Waals surface area contributed by atoms with Crippen LogP contribution in [-0.4, -0.2) is 24.6 Å². The van der Waals surface area contributed by atoms with E-state index in [1.165, 1.54) is 24.5 Å². The Morgan fingerprint density at radius 1 is 1.27 bits per heavy atom. The smallest absolute Gasteiger partial charge is 0.266 e. The molecule has 0 aliphatic carbocycles. The largest absolute Gasteiger partial charge is 0.491 e. The van der Waals surface area contributed by atoms with E-state index in [2.05, 4.69) is 10.3 Å². The van der Waals surface area contributed by atoms with Crippen molar-refractivity contribution in [2.75, 3.05) is 19.0 Å². The molecule has 0 saturated heterocycles. The minimum atomic E-state index is -0.325. The van der Waals surface area contributed by atoms with Crippen LogP contribution in [-0.2, 0) is 4.79 Å².